The lowest BCUT2D eigenvalue weighted by molar-refractivity contribution is 0.0362. The number of piperazine rings is 1. The minimum atomic E-state index is 0.317. The van der Waals surface area contributed by atoms with Gasteiger partial charge in [-0.3, -0.25) is 4.90 Å². The minimum Gasteiger partial charge on any atom is -0.310 e. The summed E-state index contributed by atoms with van der Waals surface area (Å²) < 4.78 is 0. The Hall–Kier alpha value is -0.0800. The van der Waals surface area contributed by atoms with Gasteiger partial charge in [0.15, 0.2) is 0 Å². The van der Waals surface area contributed by atoms with Crippen LogP contribution in [-0.2, 0) is 0 Å². The predicted molar refractivity (Wildman–Crippen MR) is 67.2 cm³/mol. The number of rotatable bonds is 2. The molecule has 0 radical (unpaired) electrons. The summed E-state index contributed by atoms with van der Waals surface area (Å²) in [6, 6.07) is 0.622. The first-order chi connectivity index (χ1) is 6.77. The zero-order chi connectivity index (χ0) is 11.7. The number of nitrogens with zero attached hydrogens (tertiary/aromatic N) is 1. The Kier molecular flexibility index (Phi) is 3.83. The van der Waals surface area contributed by atoms with Gasteiger partial charge in [-0.25, -0.2) is 0 Å². The monoisotopic (exact) mass is 212 g/mol. The molecule has 0 aliphatic carbocycles. The average Bonchev–Trinajstić information content (AvgIpc) is 2.06. The van der Waals surface area contributed by atoms with Crippen LogP contribution in [0.15, 0.2) is 0 Å². The molecule has 1 aliphatic heterocycles. The van der Waals surface area contributed by atoms with E-state index in [2.05, 4.69) is 51.8 Å². The Balaban J connectivity index is 2.66. The van der Waals surface area contributed by atoms with Crippen LogP contribution < -0.4 is 5.32 Å². The van der Waals surface area contributed by atoms with Crippen molar-refractivity contribution >= 4 is 0 Å². The number of nitrogens with one attached hydrogen (secondary N) is 1. The lowest BCUT2D eigenvalue weighted by atomic mass is 9.83. The highest BCUT2D eigenvalue weighted by molar-refractivity contribution is 4.96. The molecule has 1 aliphatic rings. The molecule has 0 aromatic carbocycles. The summed E-state index contributed by atoms with van der Waals surface area (Å²) in [5, 5.41) is 3.70. The van der Waals surface area contributed by atoms with Gasteiger partial charge in [-0.15, -0.1) is 0 Å². The van der Waals surface area contributed by atoms with E-state index in [9.17, 15) is 0 Å². The van der Waals surface area contributed by atoms with Gasteiger partial charge in [0, 0.05) is 24.7 Å². The summed E-state index contributed by atoms with van der Waals surface area (Å²) in [4.78, 5) is 2.64. The SMILES string of the molecule is CCCN1CC(C(C)(C)C)NCC1(C)C. The second-order valence-electron chi connectivity index (χ2n) is 6.56. The van der Waals surface area contributed by atoms with Crippen LogP contribution in [0.1, 0.15) is 48.0 Å². The van der Waals surface area contributed by atoms with Crippen molar-refractivity contribution in [2.24, 2.45) is 5.41 Å². The standard InChI is InChI=1S/C13H28N2/c1-7-8-15-9-11(12(2,3)4)14-10-13(15,5)6/h11,14H,7-10H2,1-6H3. The predicted octanol–water partition coefficient (Wildman–Crippen LogP) is 2.49. The highest BCUT2D eigenvalue weighted by Crippen LogP contribution is 2.27. The quantitative estimate of drug-likeness (QED) is 0.756. The highest BCUT2D eigenvalue weighted by atomic mass is 15.3. The van der Waals surface area contributed by atoms with Crippen molar-refractivity contribution in [3.63, 3.8) is 0 Å². The van der Waals surface area contributed by atoms with E-state index in [1.54, 1.807) is 0 Å². The van der Waals surface area contributed by atoms with E-state index in [0.717, 1.165) is 6.54 Å². The summed E-state index contributed by atoms with van der Waals surface area (Å²) in [6.07, 6.45) is 1.25. The maximum atomic E-state index is 3.70. The lowest BCUT2D eigenvalue weighted by Crippen LogP contribution is -2.64. The molecule has 0 spiro atoms. The van der Waals surface area contributed by atoms with E-state index in [4.69, 9.17) is 0 Å². The summed E-state index contributed by atoms with van der Waals surface area (Å²) >= 11 is 0. The van der Waals surface area contributed by atoms with Crippen molar-refractivity contribution in [3.8, 4) is 0 Å². The maximum absolute atomic E-state index is 3.70. The topological polar surface area (TPSA) is 15.3 Å². The van der Waals surface area contributed by atoms with Gasteiger partial charge < -0.3 is 5.32 Å². The van der Waals surface area contributed by atoms with Gasteiger partial charge in [-0.2, -0.15) is 0 Å². The normalized spacial score (nSPS) is 28.0. The first-order valence-electron chi connectivity index (χ1n) is 6.26. The van der Waals surface area contributed by atoms with Crippen LogP contribution in [-0.4, -0.2) is 36.1 Å². The zero-order valence-electron chi connectivity index (χ0n) is 11.4. The molecular weight excluding hydrogens is 184 g/mol. The molecule has 1 fully saturated rings. The molecular formula is C13H28N2. The third-order valence-electron chi connectivity index (χ3n) is 3.58. The largest absolute Gasteiger partial charge is 0.310 e. The van der Waals surface area contributed by atoms with Gasteiger partial charge in [-0.05, 0) is 32.2 Å². The highest BCUT2D eigenvalue weighted by Gasteiger charge is 2.37. The molecule has 1 N–H and O–H groups in total. The molecule has 1 atom stereocenters. The second kappa shape index (κ2) is 4.42. The minimum absolute atomic E-state index is 0.317. The molecule has 90 valence electrons. The summed E-state index contributed by atoms with van der Waals surface area (Å²) in [5.74, 6) is 0. The molecule has 0 saturated carbocycles. The van der Waals surface area contributed by atoms with Gasteiger partial charge in [0.25, 0.3) is 0 Å². The first-order valence-corrected chi connectivity index (χ1v) is 6.26. The van der Waals surface area contributed by atoms with Crippen LogP contribution >= 0.6 is 0 Å². The Morgan fingerprint density at radius 2 is 1.93 bits per heavy atom. The molecule has 15 heavy (non-hydrogen) atoms. The molecule has 1 rings (SSSR count). The molecule has 2 nitrogen and oxygen atoms in total. The van der Waals surface area contributed by atoms with E-state index in [1.165, 1.54) is 19.5 Å². The van der Waals surface area contributed by atoms with Crippen LogP contribution in [0.4, 0.5) is 0 Å². The number of hydrogen-bond acceptors (Lipinski definition) is 2. The third kappa shape index (κ3) is 3.18. The molecule has 2 heteroatoms. The molecule has 1 unspecified atom stereocenters. The van der Waals surface area contributed by atoms with Gasteiger partial charge in [-0.1, -0.05) is 27.7 Å². The Morgan fingerprint density at radius 1 is 1.33 bits per heavy atom. The Labute approximate surface area is 95.4 Å². The smallest absolute Gasteiger partial charge is 0.0278 e. The Bertz CT molecular complexity index is 203. The van der Waals surface area contributed by atoms with Crippen LogP contribution in [0.5, 0.6) is 0 Å². The molecule has 1 heterocycles. The summed E-state index contributed by atoms with van der Waals surface area (Å²) in [5.41, 5.74) is 0.681. The van der Waals surface area contributed by atoms with Gasteiger partial charge in [0.1, 0.15) is 0 Å². The average molecular weight is 212 g/mol. The second-order valence-corrected chi connectivity index (χ2v) is 6.56. The fourth-order valence-electron chi connectivity index (χ4n) is 2.26. The van der Waals surface area contributed by atoms with E-state index in [1.807, 2.05) is 0 Å². The number of hydrogen-bond donors (Lipinski definition) is 1. The van der Waals surface area contributed by atoms with E-state index in [0.29, 0.717) is 17.0 Å². The van der Waals surface area contributed by atoms with Crippen molar-refractivity contribution in [2.45, 2.75) is 59.5 Å². The van der Waals surface area contributed by atoms with E-state index < -0.39 is 0 Å². The van der Waals surface area contributed by atoms with Gasteiger partial charge in [0.05, 0.1) is 0 Å². The van der Waals surface area contributed by atoms with Crippen molar-refractivity contribution in [1.82, 2.24) is 10.2 Å². The van der Waals surface area contributed by atoms with Crippen molar-refractivity contribution in [2.75, 3.05) is 19.6 Å². The summed E-state index contributed by atoms with van der Waals surface area (Å²) in [6.45, 7) is 17.4. The Morgan fingerprint density at radius 3 is 2.40 bits per heavy atom. The third-order valence-corrected chi connectivity index (χ3v) is 3.58. The molecule has 0 bridgehead atoms. The van der Waals surface area contributed by atoms with Crippen LogP contribution in [0.25, 0.3) is 0 Å². The van der Waals surface area contributed by atoms with E-state index in [-0.39, 0.29) is 0 Å². The molecule has 0 aromatic rings. The summed E-state index contributed by atoms with van der Waals surface area (Å²) in [7, 11) is 0. The lowest BCUT2D eigenvalue weighted by Gasteiger charge is -2.49. The zero-order valence-corrected chi connectivity index (χ0v) is 11.4. The molecule has 0 aromatic heterocycles. The van der Waals surface area contributed by atoms with E-state index >= 15 is 0 Å². The first kappa shape index (κ1) is 13.0. The fourth-order valence-corrected chi connectivity index (χ4v) is 2.26. The fraction of sp³-hybridized carbons (Fsp3) is 1.00. The van der Waals surface area contributed by atoms with Crippen molar-refractivity contribution in [3.05, 3.63) is 0 Å². The van der Waals surface area contributed by atoms with Crippen LogP contribution in [0.3, 0.4) is 0 Å². The molecule has 0 amide bonds. The maximum Gasteiger partial charge on any atom is 0.0278 e. The van der Waals surface area contributed by atoms with Crippen molar-refractivity contribution < 1.29 is 0 Å². The van der Waals surface area contributed by atoms with Crippen LogP contribution in [0.2, 0.25) is 0 Å². The van der Waals surface area contributed by atoms with Gasteiger partial charge in [0.2, 0.25) is 0 Å². The van der Waals surface area contributed by atoms with Crippen molar-refractivity contribution in [1.29, 1.82) is 0 Å². The molecule has 1 saturated heterocycles. The van der Waals surface area contributed by atoms with Crippen LogP contribution in [0, 0.1) is 5.41 Å². The van der Waals surface area contributed by atoms with Gasteiger partial charge >= 0.3 is 0 Å².